The van der Waals surface area contributed by atoms with E-state index in [1.165, 1.54) is 26.2 Å². The molecule has 19 heavy (non-hydrogen) atoms. The summed E-state index contributed by atoms with van der Waals surface area (Å²) in [6, 6.07) is 4.55. The zero-order chi connectivity index (χ0) is 14.4. The van der Waals surface area contributed by atoms with Gasteiger partial charge in [-0.3, -0.25) is 9.59 Å². The molecule has 0 saturated heterocycles. The second-order valence-electron chi connectivity index (χ2n) is 4.06. The lowest BCUT2D eigenvalue weighted by Crippen LogP contribution is -2.34. The molecular weight excluding hydrogens is 250 g/mol. The van der Waals surface area contributed by atoms with Crippen molar-refractivity contribution < 1.29 is 24.5 Å². The highest BCUT2D eigenvalue weighted by Gasteiger charge is 2.21. The molecular formula is C13H17NO5. The molecule has 0 aliphatic rings. The minimum atomic E-state index is -1.27. The number of aliphatic hydroxyl groups excluding tert-OH is 2. The number of methoxy groups -OCH3 is 1. The number of carbonyl (C=O) groups excluding carboxylic acids is 2. The Labute approximate surface area is 111 Å². The van der Waals surface area contributed by atoms with Crippen LogP contribution >= 0.6 is 0 Å². The second-order valence-corrected chi connectivity index (χ2v) is 4.06. The number of rotatable bonds is 6. The molecule has 0 bridgehead atoms. The van der Waals surface area contributed by atoms with Crippen LogP contribution in [-0.4, -0.2) is 42.2 Å². The Bertz CT molecular complexity index is 460. The van der Waals surface area contributed by atoms with Crippen LogP contribution in [0.2, 0.25) is 0 Å². The zero-order valence-corrected chi connectivity index (χ0v) is 10.8. The van der Waals surface area contributed by atoms with E-state index >= 15 is 0 Å². The fourth-order valence-corrected chi connectivity index (χ4v) is 1.62. The van der Waals surface area contributed by atoms with Crippen molar-refractivity contribution in [1.82, 2.24) is 5.32 Å². The Kier molecular flexibility index (Phi) is 5.47. The smallest absolute Gasteiger partial charge is 0.216 e. The maximum Gasteiger partial charge on any atom is 0.216 e. The number of hydrogen-bond donors (Lipinski definition) is 3. The maximum absolute atomic E-state index is 11.0. The summed E-state index contributed by atoms with van der Waals surface area (Å²) in [4.78, 5) is 21.7. The van der Waals surface area contributed by atoms with Crippen LogP contribution in [0.5, 0.6) is 5.75 Å². The predicted octanol–water partition coefficient (Wildman–Crippen LogP) is 0.0381. The Morgan fingerprint density at radius 3 is 2.68 bits per heavy atom. The molecule has 3 N–H and O–H groups in total. The molecule has 0 saturated carbocycles. The van der Waals surface area contributed by atoms with Gasteiger partial charge in [-0.05, 0) is 17.7 Å². The van der Waals surface area contributed by atoms with Crippen LogP contribution in [0.3, 0.4) is 0 Å². The quantitative estimate of drug-likeness (QED) is 0.632. The minimum Gasteiger partial charge on any atom is -0.497 e. The van der Waals surface area contributed by atoms with Gasteiger partial charge in [0.15, 0.2) is 6.29 Å². The maximum atomic E-state index is 11.0. The van der Waals surface area contributed by atoms with Crippen LogP contribution in [0.15, 0.2) is 18.2 Å². The molecule has 2 atom stereocenters. The molecule has 0 radical (unpaired) electrons. The number of amides is 1. The first-order valence-corrected chi connectivity index (χ1v) is 5.73. The summed E-state index contributed by atoms with van der Waals surface area (Å²) in [7, 11) is 1.46. The van der Waals surface area contributed by atoms with Crippen molar-refractivity contribution in [2.45, 2.75) is 19.1 Å². The lowest BCUT2D eigenvalue weighted by atomic mass is 9.99. The van der Waals surface area contributed by atoms with Crippen LogP contribution < -0.4 is 10.1 Å². The van der Waals surface area contributed by atoms with Gasteiger partial charge in [-0.2, -0.15) is 0 Å². The number of hydrogen-bond acceptors (Lipinski definition) is 5. The highest BCUT2D eigenvalue weighted by atomic mass is 16.5. The van der Waals surface area contributed by atoms with Crippen molar-refractivity contribution in [3.8, 4) is 5.75 Å². The van der Waals surface area contributed by atoms with Crippen molar-refractivity contribution in [3.05, 3.63) is 29.3 Å². The summed E-state index contributed by atoms with van der Waals surface area (Å²) in [5.74, 6) is 0.172. The molecule has 6 nitrogen and oxygen atoms in total. The van der Waals surface area contributed by atoms with Gasteiger partial charge in [0.25, 0.3) is 0 Å². The van der Waals surface area contributed by atoms with E-state index in [0.717, 1.165) is 0 Å². The van der Waals surface area contributed by atoms with Crippen LogP contribution in [0.4, 0.5) is 0 Å². The van der Waals surface area contributed by atoms with Gasteiger partial charge < -0.3 is 20.3 Å². The van der Waals surface area contributed by atoms with E-state index in [1.807, 2.05) is 0 Å². The summed E-state index contributed by atoms with van der Waals surface area (Å²) in [5.41, 5.74) is 0.516. The van der Waals surface area contributed by atoms with Crippen molar-refractivity contribution >= 4 is 12.2 Å². The zero-order valence-electron chi connectivity index (χ0n) is 10.8. The van der Waals surface area contributed by atoms with Gasteiger partial charge in [0.1, 0.15) is 18.0 Å². The van der Waals surface area contributed by atoms with Crippen molar-refractivity contribution in [1.29, 1.82) is 0 Å². The fraction of sp³-hybridized carbons (Fsp3) is 0.385. The lowest BCUT2D eigenvalue weighted by Gasteiger charge is -2.20. The largest absolute Gasteiger partial charge is 0.497 e. The average Bonchev–Trinajstić information content (AvgIpc) is 2.42. The van der Waals surface area contributed by atoms with Crippen molar-refractivity contribution in [3.63, 3.8) is 0 Å². The first kappa shape index (κ1) is 15.1. The molecule has 0 aromatic heterocycles. The fourth-order valence-electron chi connectivity index (χ4n) is 1.62. The van der Waals surface area contributed by atoms with Crippen LogP contribution in [0.1, 0.15) is 28.9 Å². The SMILES string of the molecule is COc1ccc(C(O)C(O)CNC(C)=O)c(C=O)c1. The Morgan fingerprint density at radius 2 is 2.16 bits per heavy atom. The van der Waals surface area contributed by atoms with E-state index in [9.17, 15) is 19.8 Å². The molecule has 2 unspecified atom stereocenters. The Balaban J connectivity index is 2.88. The first-order chi connectivity index (χ1) is 8.99. The van der Waals surface area contributed by atoms with Gasteiger partial charge in [0.05, 0.1) is 7.11 Å². The molecule has 0 fully saturated rings. The first-order valence-electron chi connectivity index (χ1n) is 5.73. The molecule has 0 aliphatic heterocycles. The molecule has 1 aromatic carbocycles. The van der Waals surface area contributed by atoms with Gasteiger partial charge in [-0.25, -0.2) is 0 Å². The third-order valence-corrected chi connectivity index (χ3v) is 2.66. The Morgan fingerprint density at radius 1 is 1.47 bits per heavy atom. The van der Waals surface area contributed by atoms with E-state index in [1.54, 1.807) is 6.07 Å². The molecule has 1 amide bonds. The topological polar surface area (TPSA) is 95.9 Å². The van der Waals surface area contributed by atoms with Gasteiger partial charge in [0.2, 0.25) is 5.91 Å². The van der Waals surface area contributed by atoms with Gasteiger partial charge in [-0.1, -0.05) is 6.07 Å². The Hall–Kier alpha value is -1.92. The van der Waals surface area contributed by atoms with Gasteiger partial charge in [-0.15, -0.1) is 0 Å². The normalized spacial score (nSPS) is 13.5. The lowest BCUT2D eigenvalue weighted by molar-refractivity contribution is -0.119. The molecule has 0 aliphatic carbocycles. The van der Waals surface area contributed by atoms with Gasteiger partial charge in [0, 0.05) is 19.0 Å². The number of aldehydes is 1. The second kappa shape index (κ2) is 6.86. The number of benzene rings is 1. The van der Waals surface area contributed by atoms with E-state index in [4.69, 9.17) is 4.74 Å². The van der Waals surface area contributed by atoms with E-state index in [0.29, 0.717) is 12.0 Å². The number of aliphatic hydroxyl groups is 2. The number of carbonyl (C=O) groups is 2. The van der Waals surface area contributed by atoms with Crippen LogP contribution in [0, 0.1) is 0 Å². The van der Waals surface area contributed by atoms with E-state index < -0.39 is 12.2 Å². The molecule has 1 rings (SSSR count). The molecule has 6 heteroatoms. The summed E-state index contributed by atoms with van der Waals surface area (Å²) in [5, 5.41) is 22.1. The summed E-state index contributed by atoms with van der Waals surface area (Å²) < 4.78 is 4.97. The van der Waals surface area contributed by atoms with E-state index in [-0.39, 0.29) is 23.6 Å². The third kappa shape index (κ3) is 4.04. The minimum absolute atomic E-state index is 0.0964. The summed E-state index contributed by atoms with van der Waals surface area (Å²) in [6.07, 6.45) is -1.89. The molecule has 104 valence electrons. The molecule has 0 heterocycles. The summed E-state index contributed by atoms with van der Waals surface area (Å²) >= 11 is 0. The highest BCUT2D eigenvalue weighted by molar-refractivity contribution is 5.78. The number of nitrogens with one attached hydrogen (secondary N) is 1. The standard InChI is InChI=1S/C13H17NO5/c1-8(16)14-6-12(17)13(18)11-4-3-10(19-2)5-9(11)7-15/h3-5,7,12-13,17-18H,6H2,1-2H3,(H,14,16). The predicted molar refractivity (Wildman–Crippen MR) is 68.0 cm³/mol. The third-order valence-electron chi connectivity index (χ3n) is 2.66. The van der Waals surface area contributed by atoms with Crippen LogP contribution in [0.25, 0.3) is 0 Å². The number of ether oxygens (including phenoxy) is 1. The van der Waals surface area contributed by atoms with E-state index in [2.05, 4.69) is 5.32 Å². The highest BCUT2D eigenvalue weighted by Crippen LogP contribution is 2.24. The monoisotopic (exact) mass is 267 g/mol. The van der Waals surface area contributed by atoms with Crippen LogP contribution in [-0.2, 0) is 4.79 Å². The average molecular weight is 267 g/mol. The summed E-state index contributed by atoms with van der Waals surface area (Å²) in [6.45, 7) is 1.21. The molecule has 0 spiro atoms. The van der Waals surface area contributed by atoms with Crippen molar-refractivity contribution in [2.75, 3.05) is 13.7 Å². The molecule has 1 aromatic rings. The van der Waals surface area contributed by atoms with Crippen molar-refractivity contribution in [2.24, 2.45) is 0 Å². The van der Waals surface area contributed by atoms with Gasteiger partial charge >= 0.3 is 0 Å².